The number of nitrogens with zero attached hydrogens (tertiary/aromatic N) is 4. The quantitative estimate of drug-likeness (QED) is 0.638. The van der Waals surface area contributed by atoms with E-state index in [1.807, 2.05) is 37.8 Å². The van der Waals surface area contributed by atoms with E-state index in [0.717, 1.165) is 5.56 Å². The molecule has 0 bridgehead atoms. The van der Waals surface area contributed by atoms with Gasteiger partial charge in [-0.25, -0.2) is 4.79 Å². The van der Waals surface area contributed by atoms with Crippen LogP contribution < -0.4 is 5.32 Å². The minimum atomic E-state index is -0.533. The Balaban J connectivity index is 1.86. The molecule has 1 aromatic heterocycles. The van der Waals surface area contributed by atoms with Crippen molar-refractivity contribution in [1.82, 2.24) is 20.1 Å². The van der Waals surface area contributed by atoms with Crippen molar-refractivity contribution in [3.8, 4) is 6.07 Å². The first-order valence-electron chi connectivity index (χ1n) is 8.79. The Morgan fingerprint density at radius 3 is 2.59 bits per heavy atom. The van der Waals surface area contributed by atoms with Crippen LogP contribution in [0.2, 0.25) is 0 Å². The van der Waals surface area contributed by atoms with Gasteiger partial charge in [-0.1, -0.05) is 6.07 Å². The average molecular weight is 371 g/mol. The summed E-state index contributed by atoms with van der Waals surface area (Å²) in [6.45, 7) is 7.79. The van der Waals surface area contributed by atoms with Crippen molar-refractivity contribution in [2.24, 2.45) is 0 Å². The molecule has 1 N–H and O–H groups in total. The Bertz CT molecular complexity index is 726. The lowest BCUT2D eigenvalue weighted by Gasteiger charge is -2.35. The molecule has 1 saturated heterocycles. The molecule has 8 heteroatoms. The summed E-state index contributed by atoms with van der Waals surface area (Å²) in [4.78, 5) is 31.8. The molecule has 2 amide bonds. The Morgan fingerprint density at radius 1 is 1.33 bits per heavy atom. The number of aromatic nitrogens is 1. The van der Waals surface area contributed by atoms with Crippen molar-refractivity contribution in [3.05, 3.63) is 41.9 Å². The van der Waals surface area contributed by atoms with Crippen molar-refractivity contribution in [1.29, 1.82) is 5.26 Å². The fourth-order valence-electron chi connectivity index (χ4n) is 2.46. The lowest BCUT2D eigenvalue weighted by atomic mass is 10.2. The third-order valence-electron chi connectivity index (χ3n) is 3.82. The van der Waals surface area contributed by atoms with Gasteiger partial charge in [0.25, 0.3) is 5.91 Å². The van der Waals surface area contributed by atoms with Gasteiger partial charge in [0.15, 0.2) is 0 Å². The maximum absolute atomic E-state index is 12.2. The first-order chi connectivity index (χ1) is 12.8. The highest BCUT2D eigenvalue weighted by Crippen LogP contribution is 2.12. The molecular formula is C19H25N5O3. The number of amides is 2. The van der Waals surface area contributed by atoms with Gasteiger partial charge in [0.2, 0.25) is 0 Å². The van der Waals surface area contributed by atoms with Crippen LogP contribution in [0.15, 0.2) is 36.3 Å². The molecule has 0 spiro atoms. The van der Waals surface area contributed by atoms with Gasteiger partial charge >= 0.3 is 6.09 Å². The number of rotatable bonds is 4. The van der Waals surface area contributed by atoms with Crippen LogP contribution in [0.4, 0.5) is 4.79 Å². The molecule has 144 valence electrons. The summed E-state index contributed by atoms with van der Waals surface area (Å²) >= 11 is 0. The van der Waals surface area contributed by atoms with Crippen LogP contribution in [0.5, 0.6) is 0 Å². The van der Waals surface area contributed by atoms with Gasteiger partial charge in [0, 0.05) is 51.3 Å². The van der Waals surface area contributed by atoms with Crippen LogP contribution in [0.25, 0.3) is 0 Å². The lowest BCUT2D eigenvalue weighted by molar-refractivity contribution is -0.117. The van der Waals surface area contributed by atoms with Crippen molar-refractivity contribution < 1.29 is 14.3 Å². The molecule has 0 unspecified atom stereocenters. The maximum Gasteiger partial charge on any atom is 0.410 e. The molecule has 0 aliphatic carbocycles. The Morgan fingerprint density at radius 2 is 2.04 bits per heavy atom. The molecule has 1 aromatic rings. The highest BCUT2D eigenvalue weighted by Gasteiger charge is 2.25. The van der Waals surface area contributed by atoms with Crippen molar-refractivity contribution in [2.45, 2.75) is 32.9 Å². The number of carbonyl (C=O) groups is 2. The zero-order valence-corrected chi connectivity index (χ0v) is 15.9. The van der Waals surface area contributed by atoms with E-state index >= 15 is 0 Å². The monoisotopic (exact) mass is 371 g/mol. The van der Waals surface area contributed by atoms with E-state index in [4.69, 9.17) is 4.74 Å². The number of carbonyl (C=O) groups excluding carboxylic acids is 2. The fourth-order valence-corrected chi connectivity index (χ4v) is 2.46. The molecule has 0 radical (unpaired) electrons. The summed E-state index contributed by atoms with van der Waals surface area (Å²) in [6, 6.07) is 5.57. The van der Waals surface area contributed by atoms with Crippen LogP contribution in [-0.2, 0) is 16.1 Å². The predicted octanol–water partition coefficient (Wildman–Crippen LogP) is 1.66. The van der Waals surface area contributed by atoms with Crippen LogP contribution in [0.3, 0.4) is 0 Å². The van der Waals surface area contributed by atoms with E-state index in [1.165, 1.54) is 0 Å². The second-order valence-corrected chi connectivity index (χ2v) is 7.20. The number of piperazine rings is 1. The highest BCUT2D eigenvalue weighted by molar-refractivity contribution is 5.97. The zero-order valence-electron chi connectivity index (χ0n) is 15.9. The molecule has 8 nitrogen and oxygen atoms in total. The highest BCUT2D eigenvalue weighted by atomic mass is 16.6. The van der Waals surface area contributed by atoms with Gasteiger partial charge in [0.1, 0.15) is 17.2 Å². The number of pyridine rings is 1. The van der Waals surface area contributed by atoms with E-state index in [2.05, 4.69) is 10.3 Å². The molecule has 0 saturated carbocycles. The van der Waals surface area contributed by atoms with Crippen LogP contribution in [0, 0.1) is 11.3 Å². The van der Waals surface area contributed by atoms with Gasteiger partial charge < -0.3 is 19.9 Å². The van der Waals surface area contributed by atoms with Crippen molar-refractivity contribution in [2.75, 3.05) is 26.2 Å². The zero-order chi connectivity index (χ0) is 19.9. The number of ether oxygens (including phenoxy) is 1. The summed E-state index contributed by atoms with van der Waals surface area (Å²) in [6.07, 6.45) is 4.51. The Kier molecular flexibility index (Phi) is 6.77. The van der Waals surface area contributed by atoms with Gasteiger partial charge in [-0.15, -0.1) is 0 Å². The minimum absolute atomic E-state index is 0.0320. The lowest BCUT2D eigenvalue weighted by Crippen LogP contribution is -2.48. The molecular weight excluding hydrogens is 346 g/mol. The smallest absolute Gasteiger partial charge is 0.410 e. The second kappa shape index (κ2) is 9.03. The van der Waals surface area contributed by atoms with E-state index in [9.17, 15) is 14.9 Å². The number of hydrogen-bond donors (Lipinski definition) is 1. The maximum atomic E-state index is 12.2. The average Bonchev–Trinajstić information content (AvgIpc) is 2.64. The first kappa shape index (κ1) is 20.2. The summed E-state index contributed by atoms with van der Waals surface area (Å²) in [5, 5.41) is 12.0. The van der Waals surface area contributed by atoms with Crippen LogP contribution >= 0.6 is 0 Å². The Labute approximate surface area is 159 Å². The van der Waals surface area contributed by atoms with Crippen molar-refractivity contribution >= 4 is 12.0 Å². The van der Waals surface area contributed by atoms with Gasteiger partial charge in [-0.2, -0.15) is 5.26 Å². The van der Waals surface area contributed by atoms with Gasteiger partial charge in [-0.3, -0.25) is 9.78 Å². The standard InChI is InChI=1S/C19H25N5O3/c1-19(2,3)27-18(26)24-9-7-23(8-10-24)14-16(11-20)17(25)22-13-15-5-4-6-21-12-15/h4-6,12,14H,7-10,13H2,1-3H3,(H,22,25)/b16-14-. The number of nitriles is 1. The third-order valence-corrected chi connectivity index (χ3v) is 3.82. The first-order valence-corrected chi connectivity index (χ1v) is 8.79. The predicted molar refractivity (Wildman–Crippen MR) is 99.2 cm³/mol. The molecule has 27 heavy (non-hydrogen) atoms. The fraction of sp³-hybridized carbons (Fsp3) is 0.474. The van der Waals surface area contributed by atoms with Gasteiger partial charge in [0.05, 0.1) is 0 Å². The Hall–Kier alpha value is -3.08. The van der Waals surface area contributed by atoms with E-state index in [-0.39, 0.29) is 11.7 Å². The van der Waals surface area contributed by atoms with Crippen molar-refractivity contribution in [3.63, 3.8) is 0 Å². The van der Waals surface area contributed by atoms with Gasteiger partial charge in [-0.05, 0) is 32.4 Å². The molecule has 0 atom stereocenters. The summed E-state index contributed by atoms with van der Waals surface area (Å²) in [5.41, 5.74) is 0.354. The van der Waals surface area contributed by atoms with E-state index in [0.29, 0.717) is 32.7 Å². The molecule has 1 aliphatic rings. The largest absolute Gasteiger partial charge is 0.444 e. The van der Waals surface area contributed by atoms with E-state index in [1.54, 1.807) is 29.6 Å². The molecule has 0 aromatic carbocycles. The molecule has 2 heterocycles. The molecule has 1 aliphatic heterocycles. The second-order valence-electron chi connectivity index (χ2n) is 7.20. The SMILES string of the molecule is CC(C)(C)OC(=O)N1CCN(/C=C(/C#N)C(=O)NCc2cccnc2)CC1. The summed E-state index contributed by atoms with van der Waals surface area (Å²) < 4.78 is 5.36. The van der Waals surface area contributed by atoms with E-state index < -0.39 is 11.5 Å². The summed E-state index contributed by atoms with van der Waals surface area (Å²) in [7, 11) is 0. The normalized spacial score (nSPS) is 15.1. The third kappa shape index (κ3) is 6.62. The summed E-state index contributed by atoms with van der Waals surface area (Å²) in [5.74, 6) is -0.434. The van der Waals surface area contributed by atoms with Crippen LogP contribution in [-0.4, -0.2) is 58.6 Å². The number of nitrogens with one attached hydrogen (secondary N) is 1. The molecule has 2 rings (SSSR count). The minimum Gasteiger partial charge on any atom is -0.444 e. The van der Waals surface area contributed by atoms with Crippen LogP contribution in [0.1, 0.15) is 26.3 Å². The topological polar surface area (TPSA) is 98.6 Å². The molecule has 1 fully saturated rings. The number of hydrogen-bond acceptors (Lipinski definition) is 6.